The second-order valence-electron chi connectivity index (χ2n) is 7.83. The van der Waals surface area contributed by atoms with E-state index in [2.05, 4.69) is 6.08 Å². The van der Waals surface area contributed by atoms with Crippen LogP contribution >= 0.6 is 11.8 Å². The van der Waals surface area contributed by atoms with Gasteiger partial charge in [0, 0.05) is 18.8 Å². The highest BCUT2D eigenvalue weighted by Gasteiger charge is 2.22. The summed E-state index contributed by atoms with van der Waals surface area (Å²) < 4.78 is 7.46. The molecule has 0 bridgehead atoms. The first-order valence-electron chi connectivity index (χ1n) is 10.9. The molecule has 0 N–H and O–H groups in total. The summed E-state index contributed by atoms with van der Waals surface area (Å²) in [5.41, 5.74) is 1.74. The minimum absolute atomic E-state index is 0.0280. The highest BCUT2D eigenvalue weighted by atomic mass is 32.2. The monoisotopic (exact) mass is 427 g/mol. The second kappa shape index (κ2) is 9.79. The van der Waals surface area contributed by atoms with E-state index in [1.165, 1.54) is 18.2 Å². The Morgan fingerprint density at radius 3 is 2.90 bits per heavy atom. The van der Waals surface area contributed by atoms with E-state index in [-0.39, 0.29) is 23.3 Å². The predicted octanol–water partition coefficient (Wildman–Crippen LogP) is 3.97. The third-order valence-electron chi connectivity index (χ3n) is 5.79. The van der Waals surface area contributed by atoms with Gasteiger partial charge in [-0.2, -0.15) is 0 Å². The molecule has 6 nitrogen and oxygen atoms in total. The summed E-state index contributed by atoms with van der Waals surface area (Å²) in [5, 5.41) is 1.20. The molecule has 1 atom stereocenters. The fraction of sp³-hybridized carbons (Fsp3) is 0.522. The van der Waals surface area contributed by atoms with Crippen molar-refractivity contribution < 1.29 is 9.53 Å². The van der Waals surface area contributed by atoms with Crippen LogP contribution in [0.3, 0.4) is 0 Å². The summed E-state index contributed by atoms with van der Waals surface area (Å²) >= 11 is 1.35. The highest BCUT2D eigenvalue weighted by Crippen LogP contribution is 2.24. The minimum Gasteiger partial charge on any atom is -0.376 e. The van der Waals surface area contributed by atoms with Crippen LogP contribution in [0, 0.1) is 0 Å². The Morgan fingerprint density at radius 2 is 2.17 bits per heavy atom. The van der Waals surface area contributed by atoms with E-state index in [0.717, 1.165) is 44.4 Å². The van der Waals surface area contributed by atoms with Crippen molar-refractivity contribution in [3.05, 3.63) is 46.4 Å². The summed E-state index contributed by atoms with van der Waals surface area (Å²) in [5.74, 6) is 0.336. The van der Waals surface area contributed by atoms with Crippen molar-refractivity contribution in [3.63, 3.8) is 0 Å². The van der Waals surface area contributed by atoms with E-state index in [1.54, 1.807) is 4.57 Å². The maximum Gasteiger partial charge on any atom is 0.262 e. The van der Waals surface area contributed by atoms with Crippen LogP contribution < -0.4 is 5.56 Å². The Labute approximate surface area is 181 Å². The lowest BCUT2D eigenvalue weighted by Crippen LogP contribution is -2.33. The van der Waals surface area contributed by atoms with Crippen LogP contribution in [0.15, 0.2) is 46.0 Å². The van der Waals surface area contributed by atoms with Crippen molar-refractivity contribution in [2.24, 2.45) is 0 Å². The Kier molecular flexibility index (Phi) is 6.89. The van der Waals surface area contributed by atoms with Crippen molar-refractivity contribution in [2.45, 2.75) is 63.3 Å². The molecule has 0 saturated carbocycles. The number of thioether (sulfide) groups is 1. The largest absolute Gasteiger partial charge is 0.376 e. The van der Waals surface area contributed by atoms with Gasteiger partial charge in [-0.15, -0.1) is 0 Å². The molecule has 30 heavy (non-hydrogen) atoms. The maximum absolute atomic E-state index is 13.2. The Bertz CT molecular complexity index is 995. The molecule has 7 heteroatoms. The SMILES string of the molecule is CCN(C(=O)CSc1nc2ccccc2c(=O)n1C[C@@H]1CCCO1)C1=CCCCC1. The predicted molar refractivity (Wildman–Crippen MR) is 120 cm³/mol. The number of para-hydroxylation sites is 1. The van der Waals surface area contributed by atoms with Gasteiger partial charge in [0.25, 0.3) is 5.56 Å². The van der Waals surface area contributed by atoms with Gasteiger partial charge >= 0.3 is 0 Å². The van der Waals surface area contributed by atoms with Crippen LogP contribution in [-0.4, -0.2) is 45.4 Å². The number of rotatable bonds is 7. The van der Waals surface area contributed by atoms with Crippen molar-refractivity contribution in [1.29, 1.82) is 0 Å². The standard InChI is InChI=1S/C23H29N3O3S/c1-2-25(17-9-4-3-5-10-17)21(27)16-30-23-24-20-13-7-6-12-19(20)22(28)26(23)15-18-11-8-14-29-18/h6-7,9,12-13,18H,2-5,8,10-11,14-16H2,1H3/t18-/m0/s1. The molecule has 2 aliphatic rings. The van der Waals surface area contributed by atoms with Crippen LogP contribution in [0.1, 0.15) is 45.4 Å². The molecule has 1 saturated heterocycles. The number of allylic oxidation sites excluding steroid dienone is 2. The zero-order valence-electron chi connectivity index (χ0n) is 17.5. The Hall–Kier alpha value is -2.12. The number of aromatic nitrogens is 2. The molecule has 4 rings (SSSR count). The van der Waals surface area contributed by atoms with E-state index in [0.29, 0.717) is 29.1 Å². The van der Waals surface area contributed by atoms with Crippen LogP contribution in [0.2, 0.25) is 0 Å². The van der Waals surface area contributed by atoms with E-state index >= 15 is 0 Å². The maximum atomic E-state index is 13.2. The zero-order valence-corrected chi connectivity index (χ0v) is 18.3. The van der Waals surface area contributed by atoms with E-state index < -0.39 is 0 Å². The van der Waals surface area contributed by atoms with E-state index in [1.807, 2.05) is 36.1 Å². The minimum atomic E-state index is -0.0617. The average Bonchev–Trinajstić information content (AvgIpc) is 3.29. The molecule has 1 aromatic carbocycles. The normalized spacial score (nSPS) is 19.1. The molecule has 2 aromatic rings. The number of carbonyl (C=O) groups is 1. The first-order valence-corrected chi connectivity index (χ1v) is 11.9. The van der Waals surface area contributed by atoms with Crippen LogP contribution in [0.25, 0.3) is 10.9 Å². The van der Waals surface area contributed by atoms with Gasteiger partial charge in [0.2, 0.25) is 5.91 Å². The molecule has 1 amide bonds. The molecule has 1 aliphatic heterocycles. The van der Waals surface area contributed by atoms with Crippen LogP contribution in [0.4, 0.5) is 0 Å². The lowest BCUT2D eigenvalue weighted by Gasteiger charge is -2.26. The lowest BCUT2D eigenvalue weighted by atomic mass is 10.0. The summed E-state index contributed by atoms with van der Waals surface area (Å²) in [6, 6.07) is 7.40. The number of amides is 1. The van der Waals surface area contributed by atoms with E-state index in [4.69, 9.17) is 9.72 Å². The van der Waals surface area contributed by atoms with Crippen LogP contribution in [-0.2, 0) is 16.1 Å². The Balaban J connectivity index is 1.58. The number of fused-ring (bicyclic) bond motifs is 1. The first kappa shape index (κ1) is 21.1. The fourth-order valence-corrected chi connectivity index (χ4v) is 5.11. The molecule has 160 valence electrons. The van der Waals surface area contributed by atoms with Gasteiger partial charge in [-0.05, 0) is 57.6 Å². The smallest absolute Gasteiger partial charge is 0.262 e. The molecule has 1 aromatic heterocycles. The number of hydrogen-bond acceptors (Lipinski definition) is 5. The molecular weight excluding hydrogens is 398 g/mol. The molecule has 0 unspecified atom stereocenters. The highest BCUT2D eigenvalue weighted by molar-refractivity contribution is 7.99. The molecule has 1 fully saturated rings. The van der Waals surface area contributed by atoms with Gasteiger partial charge in [-0.25, -0.2) is 4.98 Å². The van der Waals surface area contributed by atoms with E-state index in [9.17, 15) is 9.59 Å². The van der Waals surface area contributed by atoms with Crippen molar-refractivity contribution in [1.82, 2.24) is 14.5 Å². The average molecular weight is 428 g/mol. The van der Waals surface area contributed by atoms with Gasteiger partial charge < -0.3 is 9.64 Å². The topological polar surface area (TPSA) is 64.4 Å². The summed E-state index contributed by atoms with van der Waals surface area (Å²) in [4.78, 5) is 32.8. The third-order valence-corrected chi connectivity index (χ3v) is 6.75. The number of nitrogens with zero attached hydrogens (tertiary/aromatic N) is 3. The van der Waals surface area contributed by atoms with Gasteiger partial charge in [-0.1, -0.05) is 30.0 Å². The third kappa shape index (κ3) is 4.62. The number of benzene rings is 1. The number of hydrogen-bond donors (Lipinski definition) is 0. The van der Waals surface area contributed by atoms with Crippen molar-refractivity contribution in [3.8, 4) is 0 Å². The fourth-order valence-electron chi connectivity index (χ4n) is 4.22. The molecule has 1 aliphatic carbocycles. The number of ether oxygens (including phenoxy) is 1. The Morgan fingerprint density at radius 1 is 1.30 bits per heavy atom. The van der Waals surface area contributed by atoms with Crippen molar-refractivity contribution >= 4 is 28.6 Å². The quantitative estimate of drug-likeness (QED) is 0.494. The van der Waals surface area contributed by atoms with Gasteiger partial charge in [0.1, 0.15) is 0 Å². The zero-order chi connectivity index (χ0) is 20.9. The molecular formula is C23H29N3O3S. The van der Waals surface area contributed by atoms with Gasteiger partial charge in [-0.3, -0.25) is 14.2 Å². The summed E-state index contributed by atoms with van der Waals surface area (Å²) in [6.45, 7) is 3.90. The molecule has 0 spiro atoms. The molecule has 0 radical (unpaired) electrons. The van der Waals surface area contributed by atoms with Gasteiger partial charge in [0.05, 0.1) is 29.3 Å². The molecule has 2 heterocycles. The van der Waals surface area contributed by atoms with Gasteiger partial charge in [0.15, 0.2) is 5.16 Å². The first-order chi connectivity index (χ1) is 14.7. The second-order valence-corrected chi connectivity index (χ2v) is 8.77. The summed E-state index contributed by atoms with van der Waals surface area (Å²) in [7, 11) is 0. The lowest BCUT2D eigenvalue weighted by molar-refractivity contribution is -0.126. The van der Waals surface area contributed by atoms with Crippen LogP contribution in [0.5, 0.6) is 0 Å². The van der Waals surface area contributed by atoms with Crippen molar-refractivity contribution in [2.75, 3.05) is 18.9 Å². The number of carbonyl (C=O) groups excluding carboxylic acids is 1. The summed E-state index contributed by atoms with van der Waals surface area (Å²) in [6.07, 6.45) is 8.51.